The van der Waals surface area contributed by atoms with Crippen LogP contribution in [-0.4, -0.2) is 44.5 Å². The summed E-state index contributed by atoms with van der Waals surface area (Å²) in [6, 6.07) is 3.84. The molecule has 2 aromatic heterocycles. The van der Waals surface area contributed by atoms with E-state index in [4.69, 9.17) is 5.11 Å². The molecule has 0 unspecified atom stereocenters. The van der Waals surface area contributed by atoms with Gasteiger partial charge >= 0.3 is 17.8 Å². The zero-order valence-corrected chi connectivity index (χ0v) is 13.9. The fourth-order valence-electron chi connectivity index (χ4n) is 2.81. The molecule has 0 saturated carbocycles. The molecule has 1 aliphatic rings. The number of nitrogens with one attached hydrogen (secondary N) is 1. The van der Waals surface area contributed by atoms with E-state index in [2.05, 4.69) is 15.2 Å². The Morgan fingerprint density at radius 3 is 2.60 bits per heavy atom. The molecule has 0 spiro atoms. The zero-order valence-electron chi connectivity index (χ0n) is 13.1. The van der Waals surface area contributed by atoms with Crippen molar-refractivity contribution in [1.82, 2.24) is 9.88 Å². The van der Waals surface area contributed by atoms with Crippen LogP contribution in [0.3, 0.4) is 0 Å². The van der Waals surface area contributed by atoms with Crippen LogP contribution < -0.4 is 5.32 Å². The molecule has 8 nitrogen and oxygen atoms in total. The summed E-state index contributed by atoms with van der Waals surface area (Å²) < 4.78 is 0. The van der Waals surface area contributed by atoms with E-state index in [0.717, 1.165) is 21.8 Å². The predicted molar refractivity (Wildman–Crippen MR) is 89.6 cm³/mol. The number of aliphatic carboxylic acids is 1. The minimum Gasteiger partial charge on any atom is -0.478 e. The van der Waals surface area contributed by atoms with Crippen LogP contribution in [0.15, 0.2) is 24.5 Å². The first-order valence-electron chi connectivity index (χ1n) is 7.49. The third kappa shape index (κ3) is 3.67. The fraction of sp³-hybridized carbons (Fsp3) is 0.250. The molecule has 1 amide bonds. The number of anilines is 1. The average Bonchev–Trinajstić information content (AvgIpc) is 2.92. The van der Waals surface area contributed by atoms with Gasteiger partial charge in [-0.15, -0.1) is 11.3 Å². The van der Waals surface area contributed by atoms with Gasteiger partial charge in [0, 0.05) is 36.9 Å². The third-order valence-corrected chi connectivity index (χ3v) is 5.06. The Morgan fingerprint density at radius 1 is 1.24 bits per heavy atom. The molecule has 2 aromatic rings. The lowest BCUT2D eigenvalue weighted by Crippen LogP contribution is -2.29. The summed E-state index contributed by atoms with van der Waals surface area (Å²) in [6.45, 7) is 1.93. The van der Waals surface area contributed by atoms with Crippen molar-refractivity contribution >= 4 is 34.2 Å². The highest BCUT2D eigenvalue weighted by Crippen LogP contribution is 2.37. The van der Waals surface area contributed by atoms with Crippen LogP contribution in [0, 0.1) is 0 Å². The second-order valence-corrected chi connectivity index (χ2v) is 6.69. The number of thiophene rings is 1. The maximum absolute atomic E-state index is 11.6. The van der Waals surface area contributed by atoms with Crippen molar-refractivity contribution in [2.75, 3.05) is 11.9 Å². The van der Waals surface area contributed by atoms with Crippen molar-refractivity contribution in [3.8, 4) is 0 Å². The first-order valence-corrected chi connectivity index (χ1v) is 8.30. The topological polar surface area (TPSA) is 120 Å². The van der Waals surface area contributed by atoms with Crippen LogP contribution in [0.4, 0.5) is 5.00 Å². The third-order valence-electron chi connectivity index (χ3n) is 3.93. The summed E-state index contributed by atoms with van der Waals surface area (Å²) in [4.78, 5) is 40.7. The summed E-state index contributed by atoms with van der Waals surface area (Å²) in [5.41, 5.74) is 1.77. The molecule has 3 N–H and O–H groups in total. The number of aromatic nitrogens is 1. The van der Waals surface area contributed by atoms with Gasteiger partial charge < -0.3 is 15.5 Å². The largest absolute Gasteiger partial charge is 0.478 e. The van der Waals surface area contributed by atoms with E-state index in [-0.39, 0.29) is 10.6 Å². The second kappa shape index (κ2) is 6.99. The number of rotatable bonds is 4. The maximum Gasteiger partial charge on any atom is 0.394 e. The summed E-state index contributed by atoms with van der Waals surface area (Å²) >= 11 is 1.12. The summed E-state index contributed by atoms with van der Waals surface area (Å²) in [5, 5.41) is 20.4. The van der Waals surface area contributed by atoms with Crippen LogP contribution in [0.25, 0.3) is 0 Å². The summed E-state index contributed by atoms with van der Waals surface area (Å²) in [7, 11) is 0. The van der Waals surface area contributed by atoms with Crippen molar-refractivity contribution in [3.63, 3.8) is 0 Å². The monoisotopic (exact) mass is 361 g/mol. The molecule has 0 aliphatic carbocycles. The molecule has 0 radical (unpaired) electrons. The van der Waals surface area contributed by atoms with Crippen LogP contribution in [-0.2, 0) is 29.1 Å². The van der Waals surface area contributed by atoms with E-state index in [9.17, 15) is 19.5 Å². The number of carbonyl (C=O) groups excluding carboxylic acids is 1. The van der Waals surface area contributed by atoms with E-state index in [1.165, 1.54) is 0 Å². The van der Waals surface area contributed by atoms with Crippen molar-refractivity contribution < 1.29 is 24.6 Å². The first kappa shape index (κ1) is 17.1. The van der Waals surface area contributed by atoms with Crippen molar-refractivity contribution in [2.24, 2.45) is 0 Å². The highest BCUT2D eigenvalue weighted by molar-refractivity contribution is 7.17. The predicted octanol–water partition coefficient (Wildman–Crippen LogP) is 1.42. The number of hydrogen-bond acceptors (Lipinski definition) is 6. The van der Waals surface area contributed by atoms with E-state index in [0.29, 0.717) is 31.6 Å². The standard InChI is InChI=1S/C16H15N3O5S/c20-13(16(23)24)18-14-12(15(21)22)10-3-6-19(8-11(10)25-14)7-9-1-4-17-5-2-9/h1-2,4-5H,3,6-8H2,(H,18,20)(H,21,22)(H,23,24). The lowest BCUT2D eigenvalue weighted by molar-refractivity contribution is -0.147. The molecule has 0 fully saturated rings. The van der Waals surface area contributed by atoms with Crippen molar-refractivity contribution in [1.29, 1.82) is 0 Å². The van der Waals surface area contributed by atoms with E-state index in [1.54, 1.807) is 12.4 Å². The molecule has 3 rings (SSSR count). The zero-order chi connectivity index (χ0) is 18.0. The normalized spacial score (nSPS) is 13.9. The smallest absolute Gasteiger partial charge is 0.394 e. The molecule has 0 aromatic carbocycles. The SMILES string of the molecule is O=C(O)C(=O)Nc1sc2c(c1C(=O)O)CCN(Cc1ccncc1)C2. The number of carboxylic acids is 2. The number of amides is 1. The van der Waals surface area contributed by atoms with Gasteiger partial charge in [-0.1, -0.05) is 0 Å². The first-order chi connectivity index (χ1) is 12.0. The summed E-state index contributed by atoms with van der Waals surface area (Å²) in [6.07, 6.45) is 3.97. The Bertz CT molecular complexity index is 834. The Morgan fingerprint density at radius 2 is 1.96 bits per heavy atom. The molecule has 3 heterocycles. The van der Waals surface area contributed by atoms with Gasteiger partial charge in [-0.25, -0.2) is 9.59 Å². The van der Waals surface area contributed by atoms with Crippen LogP contribution in [0.1, 0.15) is 26.4 Å². The molecule has 0 bridgehead atoms. The highest BCUT2D eigenvalue weighted by atomic mass is 32.1. The van der Waals surface area contributed by atoms with Gasteiger partial charge in [0.25, 0.3) is 0 Å². The van der Waals surface area contributed by atoms with Crippen LogP contribution >= 0.6 is 11.3 Å². The molecule has 25 heavy (non-hydrogen) atoms. The Hall–Kier alpha value is -2.78. The van der Waals surface area contributed by atoms with E-state index < -0.39 is 17.8 Å². The number of nitrogens with zero attached hydrogens (tertiary/aromatic N) is 2. The average molecular weight is 361 g/mol. The quantitative estimate of drug-likeness (QED) is 0.705. The number of carbonyl (C=O) groups is 3. The van der Waals surface area contributed by atoms with Gasteiger partial charge in [0.15, 0.2) is 0 Å². The van der Waals surface area contributed by atoms with E-state index >= 15 is 0 Å². The van der Waals surface area contributed by atoms with Gasteiger partial charge in [0.05, 0.1) is 5.56 Å². The number of fused-ring (bicyclic) bond motifs is 1. The van der Waals surface area contributed by atoms with Gasteiger partial charge in [-0.3, -0.25) is 14.7 Å². The molecule has 0 atom stereocenters. The van der Waals surface area contributed by atoms with Crippen LogP contribution in [0.5, 0.6) is 0 Å². The van der Waals surface area contributed by atoms with Gasteiger partial charge in [-0.05, 0) is 29.7 Å². The van der Waals surface area contributed by atoms with Gasteiger partial charge in [0.1, 0.15) is 5.00 Å². The molecular formula is C16H15N3O5S. The molecule has 0 saturated heterocycles. The minimum atomic E-state index is -1.65. The Labute approximate surface area is 146 Å². The van der Waals surface area contributed by atoms with E-state index in [1.807, 2.05) is 12.1 Å². The fourth-order valence-corrected chi connectivity index (χ4v) is 4.09. The lowest BCUT2D eigenvalue weighted by atomic mass is 10.0. The van der Waals surface area contributed by atoms with Crippen LogP contribution in [0.2, 0.25) is 0 Å². The molecular weight excluding hydrogens is 346 g/mol. The number of hydrogen-bond donors (Lipinski definition) is 3. The molecule has 9 heteroatoms. The molecule has 1 aliphatic heterocycles. The minimum absolute atomic E-state index is 0.00170. The van der Waals surface area contributed by atoms with Crippen molar-refractivity contribution in [3.05, 3.63) is 46.1 Å². The number of carboxylic acid groups (broad SMARTS) is 2. The molecule has 130 valence electrons. The second-order valence-electron chi connectivity index (χ2n) is 5.59. The summed E-state index contributed by atoms with van der Waals surface area (Å²) in [5.74, 6) is -4.06. The lowest BCUT2D eigenvalue weighted by Gasteiger charge is -2.26. The Kier molecular flexibility index (Phi) is 4.77. The van der Waals surface area contributed by atoms with Gasteiger partial charge in [-0.2, -0.15) is 0 Å². The highest BCUT2D eigenvalue weighted by Gasteiger charge is 2.29. The van der Waals surface area contributed by atoms with Gasteiger partial charge in [0.2, 0.25) is 0 Å². The number of aromatic carboxylic acids is 1. The maximum atomic E-state index is 11.6. The number of pyridine rings is 1. The van der Waals surface area contributed by atoms with Crippen molar-refractivity contribution in [2.45, 2.75) is 19.5 Å². The Balaban J connectivity index is 1.83.